The molecule has 5 nitrogen and oxygen atoms in total. The summed E-state index contributed by atoms with van der Waals surface area (Å²) in [6.07, 6.45) is 0.441. The summed E-state index contributed by atoms with van der Waals surface area (Å²) in [5, 5.41) is 11.7. The van der Waals surface area contributed by atoms with Gasteiger partial charge in [-0.2, -0.15) is 0 Å². The minimum absolute atomic E-state index is 0.211. The summed E-state index contributed by atoms with van der Waals surface area (Å²) in [4.78, 5) is 22.8. The Hall–Kier alpha value is -2.08. The topological polar surface area (TPSA) is 79.5 Å². The van der Waals surface area contributed by atoms with Gasteiger partial charge in [-0.1, -0.05) is 18.2 Å². The summed E-state index contributed by atoms with van der Waals surface area (Å²) in [5.41, 5.74) is 0.934. The van der Waals surface area contributed by atoms with E-state index < -0.39 is 5.97 Å². The molecule has 104 valence electrons. The van der Waals surface area contributed by atoms with Crippen molar-refractivity contribution in [1.82, 2.24) is 5.32 Å². The van der Waals surface area contributed by atoms with Crippen LogP contribution in [0.15, 0.2) is 45.5 Å². The molecule has 0 aliphatic rings. The molecule has 1 aromatic carbocycles. The number of benzene rings is 1. The van der Waals surface area contributed by atoms with Crippen molar-refractivity contribution in [1.29, 1.82) is 0 Å². The van der Waals surface area contributed by atoms with Crippen molar-refractivity contribution in [2.75, 3.05) is 6.54 Å². The van der Waals surface area contributed by atoms with Crippen LogP contribution in [0.5, 0.6) is 0 Å². The second-order valence-electron chi connectivity index (χ2n) is 4.07. The van der Waals surface area contributed by atoms with Gasteiger partial charge in [-0.25, -0.2) is 4.79 Å². The maximum atomic E-state index is 11.7. The van der Waals surface area contributed by atoms with E-state index in [-0.39, 0.29) is 17.2 Å². The van der Waals surface area contributed by atoms with Crippen LogP contribution < -0.4 is 5.32 Å². The maximum Gasteiger partial charge on any atom is 0.335 e. The van der Waals surface area contributed by atoms with Crippen molar-refractivity contribution in [2.45, 2.75) is 6.42 Å². The van der Waals surface area contributed by atoms with Crippen LogP contribution in [-0.4, -0.2) is 23.5 Å². The molecule has 0 saturated heterocycles. The quantitative estimate of drug-likeness (QED) is 0.879. The molecule has 0 atom stereocenters. The predicted molar refractivity (Wildman–Crippen MR) is 75.8 cm³/mol. The highest BCUT2D eigenvalue weighted by Gasteiger charge is 2.11. The summed E-state index contributed by atoms with van der Waals surface area (Å²) in [6, 6.07) is 9.92. The Kier molecular flexibility index (Phi) is 4.57. The van der Waals surface area contributed by atoms with Crippen molar-refractivity contribution < 1.29 is 19.1 Å². The van der Waals surface area contributed by atoms with Gasteiger partial charge in [0.15, 0.2) is 10.4 Å². The molecule has 20 heavy (non-hydrogen) atoms. The fourth-order valence-corrected chi connectivity index (χ4v) is 2.09. The highest BCUT2D eigenvalue weighted by Crippen LogP contribution is 2.14. The number of carboxylic acids is 1. The first-order valence-electron chi connectivity index (χ1n) is 5.92. The van der Waals surface area contributed by atoms with E-state index in [0.717, 1.165) is 0 Å². The molecule has 0 aliphatic heterocycles. The van der Waals surface area contributed by atoms with E-state index in [0.29, 0.717) is 23.2 Å². The normalized spacial score (nSPS) is 10.2. The van der Waals surface area contributed by atoms with Crippen LogP contribution in [0.3, 0.4) is 0 Å². The number of nitrogens with one attached hydrogen (secondary N) is 1. The van der Waals surface area contributed by atoms with Crippen LogP contribution >= 0.6 is 15.9 Å². The third kappa shape index (κ3) is 3.48. The van der Waals surface area contributed by atoms with Gasteiger partial charge < -0.3 is 14.8 Å². The molecule has 1 aromatic heterocycles. The molecule has 2 rings (SSSR count). The SMILES string of the molecule is O=C(NCCc1ccccc1C(=O)O)c1ccc(Br)o1. The summed E-state index contributed by atoms with van der Waals surface area (Å²) in [5.74, 6) is -1.09. The Morgan fingerprint density at radius 1 is 1.20 bits per heavy atom. The second-order valence-corrected chi connectivity index (χ2v) is 4.85. The summed E-state index contributed by atoms with van der Waals surface area (Å²) < 4.78 is 5.61. The zero-order valence-corrected chi connectivity index (χ0v) is 12.0. The first-order chi connectivity index (χ1) is 9.58. The third-order valence-electron chi connectivity index (χ3n) is 2.72. The first-order valence-corrected chi connectivity index (χ1v) is 6.72. The first kappa shape index (κ1) is 14.3. The molecule has 0 saturated carbocycles. The summed E-state index contributed by atoms with van der Waals surface area (Å²) >= 11 is 3.12. The van der Waals surface area contributed by atoms with Gasteiger partial charge in [-0.3, -0.25) is 4.79 Å². The molecule has 0 bridgehead atoms. The second kappa shape index (κ2) is 6.38. The summed E-state index contributed by atoms with van der Waals surface area (Å²) in [6.45, 7) is 0.335. The van der Waals surface area contributed by atoms with Crippen LogP contribution in [0.25, 0.3) is 0 Å². The molecule has 1 heterocycles. The Morgan fingerprint density at radius 3 is 2.60 bits per heavy atom. The number of aromatic carboxylic acids is 1. The molecule has 6 heteroatoms. The number of amides is 1. The lowest BCUT2D eigenvalue weighted by atomic mass is 10.0. The monoisotopic (exact) mass is 337 g/mol. The molecular weight excluding hydrogens is 326 g/mol. The van der Waals surface area contributed by atoms with E-state index in [9.17, 15) is 9.59 Å². The molecule has 0 aliphatic carbocycles. The highest BCUT2D eigenvalue weighted by atomic mass is 79.9. The molecule has 0 fully saturated rings. The number of halogens is 1. The molecule has 2 N–H and O–H groups in total. The number of rotatable bonds is 5. The van der Waals surface area contributed by atoms with Crippen molar-refractivity contribution in [3.05, 3.63) is 58.0 Å². The highest BCUT2D eigenvalue weighted by molar-refractivity contribution is 9.10. The van der Waals surface area contributed by atoms with Gasteiger partial charge in [0, 0.05) is 6.54 Å². The smallest absolute Gasteiger partial charge is 0.335 e. The van der Waals surface area contributed by atoms with Crippen molar-refractivity contribution >= 4 is 27.8 Å². The number of carboxylic acid groups (broad SMARTS) is 1. The molecule has 0 spiro atoms. The van der Waals surface area contributed by atoms with E-state index >= 15 is 0 Å². The standard InChI is InChI=1S/C14H12BrNO4/c15-12-6-5-11(20-12)13(17)16-8-7-9-3-1-2-4-10(9)14(18)19/h1-6H,7-8H2,(H,16,17)(H,18,19). The molecular formula is C14H12BrNO4. The van der Waals surface area contributed by atoms with Crippen LogP contribution in [0.4, 0.5) is 0 Å². The Balaban J connectivity index is 1.93. The number of carbonyl (C=O) groups is 2. The van der Waals surface area contributed by atoms with Gasteiger partial charge in [-0.15, -0.1) is 0 Å². The lowest BCUT2D eigenvalue weighted by molar-refractivity contribution is 0.0695. The summed E-state index contributed by atoms with van der Waals surface area (Å²) in [7, 11) is 0. The van der Waals surface area contributed by atoms with Crippen LogP contribution in [0.1, 0.15) is 26.5 Å². The van der Waals surface area contributed by atoms with Gasteiger partial charge in [0.25, 0.3) is 5.91 Å². The van der Waals surface area contributed by atoms with Gasteiger partial charge in [0.05, 0.1) is 5.56 Å². The van der Waals surface area contributed by atoms with Gasteiger partial charge in [0.2, 0.25) is 0 Å². The lowest BCUT2D eigenvalue weighted by Crippen LogP contribution is -2.25. The maximum absolute atomic E-state index is 11.7. The Labute approximate surface area is 123 Å². The molecule has 2 aromatic rings. The van der Waals surface area contributed by atoms with E-state index in [1.165, 1.54) is 0 Å². The average Bonchev–Trinajstić information content (AvgIpc) is 2.86. The van der Waals surface area contributed by atoms with E-state index in [1.54, 1.807) is 36.4 Å². The molecule has 0 radical (unpaired) electrons. The van der Waals surface area contributed by atoms with Crippen molar-refractivity contribution in [3.8, 4) is 0 Å². The van der Waals surface area contributed by atoms with E-state index in [1.807, 2.05) is 0 Å². The van der Waals surface area contributed by atoms with E-state index in [4.69, 9.17) is 9.52 Å². The van der Waals surface area contributed by atoms with Crippen molar-refractivity contribution in [3.63, 3.8) is 0 Å². The number of carbonyl (C=O) groups excluding carboxylic acids is 1. The minimum atomic E-state index is -0.970. The number of hydrogen-bond donors (Lipinski definition) is 2. The third-order valence-corrected chi connectivity index (χ3v) is 3.15. The lowest BCUT2D eigenvalue weighted by Gasteiger charge is -2.06. The molecule has 0 unspecified atom stereocenters. The van der Waals surface area contributed by atoms with Gasteiger partial charge in [-0.05, 0) is 46.1 Å². The number of hydrogen-bond acceptors (Lipinski definition) is 3. The van der Waals surface area contributed by atoms with Crippen LogP contribution in [-0.2, 0) is 6.42 Å². The zero-order chi connectivity index (χ0) is 14.5. The largest absolute Gasteiger partial charge is 0.478 e. The van der Waals surface area contributed by atoms with Crippen LogP contribution in [0.2, 0.25) is 0 Å². The fourth-order valence-electron chi connectivity index (χ4n) is 1.78. The van der Waals surface area contributed by atoms with Gasteiger partial charge >= 0.3 is 5.97 Å². The Bertz CT molecular complexity index is 636. The van der Waals surface area contributed by atoms with E-state index in [2.05, 4.69) is 21.2 Å². The predicted octanol–water partition coefficient (Wildman–Crippen LogP) is 2.71. The molecule has 1 amide bonds. The number of furan rings is 1. The fraction of sp³-hybridized carbons (Fsp3) is 0.143. The zero-order valence-electron chi connectivity index (χ0n) is 10.4. The van der Waals surface area contributed by atoms with Gasteiger partial charge in [0.1, 0.15) is 0 Å². The average molecular weight is 338 g/mol. The Morgan fingerprint density at radius 2 is 1.95 bits per heavy atom. The van der Waals surface area contributed by atoms with Crippen LogP contribution in [0, 0.1) is 0 Å². The van der Waals surface area contributed by atoms with Crippen molar-refractivity contribution in [2.24, 2.45) is 0 Å². The minimum Gasteiger partial charge on any atom is -0.478 e.